The Morgan fingerprint density at radius 3 is 2.14 bits per heavy atom. The van der Waals surface area contributed by atoms with Crippen molar-refractivity contribution >= 4 is 0 Å². The molecule has 290 valence electrons. The van der Waals surface area contributed by atoms with Crippen LogP contribution in [0.1, 0.15) is 79.1 Å². The Bertz CT molecular complexity index is 1390. The van der Waals surface area contributed by atoms with Gasteiger partial charge in [0.2, 0.25) is 29.9 Å². The highest BCUT2D eigenvalue weighted by Crippen LogP contribution is 2.62. The average Bonchev–Trinajstić information content (AvgIpc) is 3.37. The van der Waals surface area contributed by atoms with Crippen molar-refractivity contribution < 1.29 is 69.9 Å². The minimum Gasteiger partial charge on any atom is -0.456 e. The molecule has 4 unspecified atom stereocenters. The summed E-state index contributed by atoms with van der Waals surface area (Å²) in [6.45, 7) is 6.81. The molecule has 4 saturated heterocycles. The predicted octanol–water partition coefficient (Wildman–Crippen LogP) is 7.26. The van der Waals surface area contributed by atoms with E-state index in [0.29, 0.717) is 51.4 Å². The molecule has 51 heavy (non-hydrogen) atoms. The summed E-state index contributed by atoms with van der Waals surface area (Å²) in [7, 11) is 1.62. The van der Waals surface area contributed by atoms with Crippen molar-refractivity contribution in [2.24, 2.45) is 35.5 Å². The highest BCUT2D eigenvalue weighted by atomic mass is 19.4. The van der Waals surface area contributed by atoms with Gasteiger partial charge in [-0.2, -0.15) is 26.3 Å². The van der Waals surface area contributed by atoms with Crippen molar-refractivity contribution in [1.29, 1.82) is 0 Å². The van der Waals surface area contributed by atoms with E-state index in [1.807, 2.05) is 6.92 Å². The first-order chi connectivity index (χ1) is 23.9. The predicted molar refractivity (Wildman–Crippen MR) is 165 cm³/mol. The largest absolute Gasteiger partial charge is 0.456 e. The molecule has 6 aliphatic heterocycles. The Balaban J connectivity index is 1.10. The number of hydrogen-bond donors (Lipinski definition) is 1. The minimum absolute atomic E-state index is 0.0247. The summed E-state index contributed by atoms with van der Waals surface area (Å²) in [5.74, 6) is -5.45. The highest BCUT2D eigenvalue weighted by Gasteiger charge is 2.70. The number of halogens is 6. The normalized spacial score (nSPS) is 44.0. The van der Waals surface area contributed by atoms with Gasteiger partial charge in [0.25, 0.3) is 0 Å². The summed E-state index contributed by atoms with van der Waals surface area (Å²) in [6.07, 6.45) is -8.62. The van der Waals surface area contributed by atoms with Crippen LogP contribution in [-0.2, 0) is 38.3 Å². The lowest BCUT2D eigenvalue weighted by molar-refractivity contribution is -0.557. The summed E-state index contributed by atoms with van der Waals surface area (Å²) < 4.78 is 117. The molecule has 0 aromatic rings. The van der Waals surface area contributed by atoms with Gasteiger partial charge in [0.15, 0.2) is 11.2 Å². The molecule has 8 aliphatic rings. The molecule has 0 aromatic heterocycles. The fourth-order valence-electron chi connectivity index (χ4n) is 10.4. The van der Waals surface area contributed by atoms with E-state index in [4.69, 9.17) is 38.3 Å². The van der Waals surface area contributed by atoms with Crippen LogP contribution < -0.4 is 0 Å². The van der Waals surface area contributed by atoms with Crippen molar-refractivity contribution in [2.45, 2.75) is 127 Å². The van der Waals surface area contributed by atoms with Gasteiger partial charge in [0.1, 0.15) is 0 Å². The molecule has 6 heterocycles. The summed E-state index contributed by atoms with van der Waals surface area (Å²) in [6, 6.07) is 0. The molecule has 0 radical (unpaired) electrons. The van der Waals surface area contributed by atoms with Gasteiger partial charge in [-0.05, 0) is 83.2 Å². The smallest absolute Gasteiger partial charge is 0.449 e. The van der Waals surface area contributed by atoms with Crippen LogP contribution in [-0.4, -0.2) is 91.5 Å². The Kier molecular flexibility index (Phi) is 9.80. The molecule has 2 saturated carbocycles. The van der Waals surface area contributed by atoms with Gasteiger partial charge in [0, 0.05) is 48.8 Å². The van der Waals surface area contributed by atoms with Crippen LogP contribution in [0.15, 0.2) is 22.7 Å². The van der Waals surface area contributed by atoms with Gasteiger partial charge >= 0.3 is 12.4 Å². The van der Waals surface area contributed by atoms with Gasteiger partial charge in [-0.25, -0.2) is 14.7 Å². The van der Waals surface area contributed by atoms with E-state index in [1.165, 1.54) is 0 Å². The molecule has 0 amide bonds. The Morgan fingerprint density at radius 2 is 1.45 bits per heavy atom. The number of nitrogens with zero attached hydrogens (tertiary/aromatic N) is 1. The van der Waals surface area contributed by atoms with Crippen molar-refractivity contribution in [1.82, 2.24) is 4.90 Å². The summed E-state index contributed by atoms with van der Waals surface area (Å²) in [4.78, 5) is 18.6. The first-order valence-corrected chi connectivity index (χ1v) is 18.2. The number of hydrogen-bond acceptors (Lipinski definition) is 10. The fourth-order valence-corrected chi connectivity index (χ4v) is 10.4. The maximum Gasteiger partial charge on any atom is 0.449 e. The van der Waals surface area contributed by atoms with Gasteiger partial charge in [0.05, 0.1) is 19.3 Å². The monoisotopic (exact) mass is 741 g/mol. The molecule has 16 heteroatoms. The number of rotatable bonds is 8. The third-order valence-electron chi connectivity index (χ3n) is 12.9. The van der Waals surface area contributed by atoms with Crippen molar-refractivity contribution in [2.75, 3.05) is 33.4 Å². The average molecular weight is 742 g/mol. The zero-order chi connectivity index (χ0) is 36.7. The van der Waals surface area contributed by atoms with Crippen LogP contribution >= 0.6 is 0 Å². The molecule has 2 bridgehead atoms. The van der Waals surface area contributed by atoms with Gasteiger partial charge in [-0.15, -0.1) is 0 Å². The van der Waals surface area contributed by atoms with Crippen molar-refractivity contribution in [3.05, 3.63) is 22.7 Å². The van der Waals surface area contributed by atoms with E-state index >= 15 is 0 Å². The third kappa shape index (κ3) is 6.21. The van der Waals surface area contributed by atoms with E-state index < -0.39 is 78.0 Å². The van der Waals surface area contributed by atoms with E-state index in [2.05, 4.69) is 6.92 Å². The van der Waals surface area contributed by atoms with Gasteiger partial charge < -0.3 is 23.7 Å². The molecular formula is C35H49F6NO9. The van der Waals surface area contributed by atoms with Crippen LogP contribution in [0.3, 0.4) is 0 Å². The molecule has 10 nitrogen and oxygen atoms in total. The van der Waals surface area contributed by atoms with E-state index in [9.17, 15) is 31.6 Å². The molecule has 0 aromatic carbocycles. The lowest BCUT2D eigenvalue weighted by atomic mass is 9.59. The molecule has 1 spiro atoms. The summed E-state index contributed by atoms with van der Waals surface area (Å²) in [5.41, 5.74) is -2.95. The van der Waals surface area contributed by atoms with Crippen LogP contribution in [0.5, 0.6) is 0 Å². The first kappa shape index (κ1) is 37.6. The second-order valence-electron chi connectivity index (χ2n) is 16.1. The lowest BCUT2D eigenvalue weighted by Gasteiger charge is -2.57. The number of ether oxygens (including phenoxy) is 5. The van der Waals surface area contributed by atoms with E-state index in [-0.39, 0.29) is 54.5 Å². The van der Waals surface area contributed by atoms with E-state index in [0.717, 1.165) is 0 Å². The third-order valence-corrected chi connectivity index (χ3v) is 12.9. The van der Waals surface area contributed by atoms with Gasteiger partial charge in [-0.3, -0.25) is 10.2 Å². The number of allylic oxidation sites excluding steroid dienone is 2. The number of alkyl halides is 6. The molecule has 2 aliphatic carbocycles. The van der Waals surface area contributed by atoms with Crippen LogP contribution in [0.2, 0.25) is 0 Å². The zero-order valence-electron chi connectivity index (χ0n) is 29.6. The highest BCUT2D eigenvalue weighted by molar-refractivity contribution is 5.30. The maximum absolute atomic E-state index is 14.6. The molecule has 1 N–H and O–H groups in total. The molecule has 8 rings (SSSR count). The fraction of sp³-hybridized carbons (Fsp3) is 0.886. The molecule has 6 fully saturated rings. The van der Waals surface area contributed by atoms with Crippen LogP contribution in [0.25, 0.3) is 0 Å². The summed E-state index contributed by atoms with van der Waals surface area (Å²) >= 11 is 0. The van der Waals surface area contributed by atoms with Crippen LogP contribution in [0, 0.1) is 35.5 Å². The SMILES string of the molecule is C[C@@H]1CC[C@H]2C(COCCN(C)CC3=C(C(F)(F)F)O[C@@H]4OC5(C)CCC6[C@H](C)CC[C@@H]3[C@]64OO5)=C(C(F)(F)F)O[C@@H]3O[C@@H](C)CCC1C32OO. The quantitative estimate of drug-likeness (QED) is 0.119. The lowest BCUT2D eigenvalue weighted by Crippen LogP contribution is -2.67. The maximum atomic E-state index is 14.6. The number of fused-ring (bicyclic) bond motifs is 2. The number of likely N-dealkylation sites (N-methyl/N-ethyl adjacent to an activating group) is 1. The van der Waals surface area contributed by atoms with Crippen LogP contribution in [0.4, 0.5) is 26.3 Å². The topological polar surface area (TPSA) is 97.3 Å². The van der Waals surface area contributed by atoms with Crippen molar-refractivity contribution in [3.63, 3.8) is 0 Å². The Hall–Kier alpha value is -1.66. The van der Waals surface area contributed by atoms with E-state index in [1.54, 1.807) is 25.8 Å². The van der Waals surface area contributed by atoms with Crippen molar-refractivity contribution in [3.8, 4) is 0 Å². The zero-order valence-corrected chi connectivity index (χ0v) is 29.6. The van der Waals surface area contributed by atoms with Gasteiger partial charge in [-0.1, -0.05) is 13.8 Å². The molecule has 12 atom stereocenters. The minimum atomic E-state index is -4.87. The second kappa shape index (κ2) is 13.3. The standard InChI is InChI=1S/C35H49F6NO9/c1-18-7-10-26-22(28(35(39,40)41)46-29-32(26,49-43)23(18)11-8-20(3)45-29)17-44-15-14-42(5)16-21-25-9-6-19(2)24-12-13-31(4)48-30(33(24,25)51-50-31)47-27(21)34(36,37)38/h18-20,23-26,29-30,43H,6-17H2,1-5H3/t18-,19-,20+,23?,24?,25+,26+,29+,30-,31?,32?,33-/m1/s1. The first-order valence-electron chi connectivity index (χ1n) is 18.2. The Labute approximate surface area is 293 Å². The molecular weight excluding hydrogens is 692 g/mol. The second-order valence-corrected chi connectivity index (χ2v) is 16.1. The summed E-state index contributed by atoms with van der Waals surface area (Å²) in [5, 5.41) is 10.4. The Morgan fingerprint density at radius 1 is 0.804 bits per heavy atom.